The molecule has 1 heteroatoms. The highest BCUT2D eigenvalue weighted by molar-refractivity contribution is 5.98. The van der Waals surface area contributed by atoms with Crippen molar-refractivity contribution in [2.45, 2.75) is 94.8 Å². The Bertz CT molecular complexity index is 2250. The summed E-state index contributed by atoms with van der Waals surface area (Å²) in [5, 5.41) is 0. The highest BCUT2D eigenvalue weighted by Crippen LogP contribution is 2.57. The van der Waals surface area contributed by atoms with Gasteiger partial charge in [-0.2, -0.15) is 0 Å². The van der Waals surface area contributed by atoms with Crippen molar-refractivity contribution >= 4 is 17.1 Å². The SMILES string of the molecule is CC1(C)c2cc(N(c3ccc(C4CCCCC4)cc3)c3ccc(C45CCC(CC4)C5)cc3)c(-c3ccccc3)cc2-c2c(-c3ccccc3)cccc21. The molecule has 4 aliphatic rings. The molecule has 0 amide bonds. The molecule has 0 atom stereocenters. The standard InChI is InChI=1S/C52H51N/c1-51(2)47-20-12-19-44(39-15-8-4-9-16-39)50(47)46-33-45(40-17-10-5-11-18-40)49(34-48(46)51)53(42-25-21-38(22-26-42)37-13-6-3-7-14-37)43-27-23-41(24-28-43)52-31-29-36(35-52)30-32-52/h4-5,8-12,15-28,33-34,36-37H,3,6-7,13-14,29-32,35H2,1-2H3. The van der Waals surface area contributed by atoms with Crippen molar-refractivity contribution in [3.63, 3.8) is 0 Å². The molecule has 6 aromatic carbocycles. The minimum atomic E-state index is -0.152. The van der Waals surface area contributed by atoms with E-state index in [2.05, 4.69) is 158 Å². The number of rotatable bonds is 7. The fraction of sp³-hybridized carbons (Fsp3) is 0.308. The fourth-order valence-electron chi connectivity index (χ4n) is 11.0. The molecule has 1 nitrogen and oxygen atoms in total. The van der Waals surface area contributed by atoms with Crippen molar-refractivity contribution in [1.82, 2.24) is 0 Å². The van der Waals surface area contributed by atoms with Crippen LogP contribution < -0.4 is 4.90 Å². The zero-order chi connectivity index (χ0) is 35.6. The fourth-order valence-corrected chi connectivity index (χ4v) is 11.0. The summed E-state index contributed by atoms with van der Waals surface area (Å²) in [6.45, 7) is 4.85. The molecule has 10 rings (SSSR count). The second-order valence-corrected chi connectivity index (χ2v) is 17.2. The number of benzene rings is 6. The molecular formula is C52H51N. The zero-order valence-electron chi connectivity index (χ0n) is 31.5. The van der Waals surface area contributed by atoms with E-state index in [0.29, 0.717) is 11.3 Å². The van der Waals surface area contributed by atoms with Gasteiger partial charge in [-0.25, -0.2) is 0 Å². The predicted octanol–water partition coefficient (Wildman–Crippen LogP) is 14.7. The largest absolute Gasteiger partial charge is 0.310 e. The minimum Gasteiger partial charge on any atom is -0.310 e. The molecule has 0 aromatic heterocycles. The Kier molecular flexibility index (Phi) is 7.97. The second-order valence-electron chi connectivity index (χ2n) is 17.2. The minimum absolute atomic E-state index is 0.152. The van der Waals surface area contributed by atoms with E-state index in [1.165, 1.54) is 131 Å². The van der Waals surface area contributed by atoms with Gasteiger partial charge in [-0.15, -0.1) is 0 Å². The predicted molar refractivity (Wildman–Crippen MR) is 224 cm³/mol. The number of anilines is 3. The Morgan fingerprint density at radius 2 is 1.15 bits per heavy atom. The van der Waals surface area contributed by atoms with Crippen molar-refractivity contribution in [3.8, 4) is 33.4 Å². The smallest absolute Gasteiger partial charge is 0.0543 e. The average Bonchev–Trinajstić information content (AvgIpc) is 3.91. The van der Waals surface area contributed by atoms with Gasteiger partial charge < -0.3 is 4.90 Å². The lowest BCUT2D eigenvalue weighted by Gasteiger charge is -2.32. The number of nitrogens with zero attached hydrogens (tertiary/aromatic N) is 1. The van der Waals surface area contributed by atoms with E-state index in [4.69, 9.17) is 0 Å². The Balaban J connectivity index is 1.17. The third-order valence-corrected chi connectivity index (χ3v) is 13.9. The maximum absolute atomic E-state index is 2.57. The summed E-state index contributed by atoms with van der Waals surface area (Å²) in [6.07, 6.45) is 13.6. The van der Waals surface area contributed by atoms with Crippen LogP contribution in [0.15, 0.2) is 140 Å². The molecule has 3 fully saturated rings. The Morgan fingerprint density at radius 1 is 0.528 bits per heavy atom. The van der Waals surface area contributed by atoms with Crippen LogP contribution in [0.1, 0.15) is 106 Å². The van der Waals surface area contributed by atoms with E-state index in [0.717, 1.165) is 5.92 Å². The molecule has 53 heavy (non-hydrogen) atoms. The van der Waals surface area contributed by atoms with Crippen molar-refractivity contribution in [2.75, 3.05) is 4.90 Å². The van der Waals surface area contributed by atoms with E-state index in [-0.39, 0.29) is 5.41 Å². The van der Waals surface area contributed by atoms with E-state index in [1.54, 1.807) is 5.56 Å². The lowest BCUT2D eigenvalue weighted by atomic mass is 9.78. The summed E-state index contributed by atoms with van der Waals surface area (Å²) in [6, 6.07) is 53.6. The van der Waals surface area contributed by atoms with Gasteiger partial charge in [0.25, 0.3) is 0 Å². The second kappa shape index (κ2) is 12.9. The summed E-state index contributed by atoms with van der Waals surface area (Å²) >= 11 is 0. The molecule has 0 spiro atoms. The highest BCUT2D eigenvalue weighted by Gasteiger charge is 2.46. The zero-order valence-corrected chi connectivity index (χ0v) is 31.5. The topological polar surface area (TPSA) is 3.24 Å². The molecule has 0 N–H and O–H groups in total. The number of hydrogen-bond acceptors (Lipinski definition) is 1. The first-order valence-corrected chi connectivity index (χ1v) is 20.4. The van der Waals surface area contributed by atoms with Gasteiger partial charge in [-0.3, -0.25) is 0 Å². The van der Waals surface area contributed by atoms with Crippen molar-refractivity contribution in [2.24, 2.45) is 5.92 Å². The van der Waals surface area contributed by atoms with Crippen LogP contribution in [0.4, 0.5) is 17.1 Å². The third kappa shape index (κ3) is 5.50. The summed E-state index contributed by atoms with van der Waals surface area (Å²) in [7, 11) is 0. The van der Waals surface area contributed by atoms with E-state index in [9.17, 15) is 0 Å². The normalized spacial score (nSPS) is 21.4. The maximum atomic E-state index is 2.57. The van der Waals surface area contributed by atoms with Crippen LogP contribution in [0.2, 0.25) is 0 Å². The lowest BCUT2D eigenvalue weighted by Crippen LogP contribution is -2.20. The Morgan fingerprint density at radius 3 is 1.77 bits per heavy atom. The highest BCUT2D eigenvalue weighted by atomic mass is 15.1. The third-order valence-electron chi connectivity index (χ3n) is 13.9. The number of hydrogen-bond donors (Lipinski definition) is 0. The van der Waals surface area contributed by atoms with Gasteiger partial charge in [0.15, 0.2) is 0 Å². The average molecular weight is 690 g/mol. The first-order chi connectivity index (χ1) is 26.0. The molecule has 4 aliphatic carbocycles. The van der Waals surface area contributed by atoms with Gasteiger partial charge in [0, 0.05) is 22.4 Å². The summed E-state index contributed by atoms with van der Waals surface area (Å²) in [5.41, 5.74) is 17.6. The first-order valence-electron chi connectivity index (χ1n) is 20.4. The van der Waals surface area contributed by atoms with Crippen LogP contribution in [-0.4, -0.2) is 0 Å². The van der Waals surface area contributed by atoms with Gasteiger partial charge in [-0.05, 0) is 149 Å². The molecule has 0 heterocycles. The van der Waals surface area contributed by atoms with Crippen LogP contribution in [0.5, 0.6) is 0 Å². The monoisotopic (exact) mass is 689 g/mol. The Hall–Kier alpha value is -4.88. The summed E-state index contributed by atoms with van der Waals surface area (Å²) in [4.78, 5) is 2.57. The van der Waals surface area contributed by atoms with E-state index in [1.807, 2.05) is 0 Å². The molecule has 0 aliphatic heterocycles. The van der Waals surface area contributed by atoms with Crippen LogP contribution >= 0.6 is 0 Å². The molecule has 264 valence electrons. The van der Waals surface area contributed by atoms with Crippen molar-refractivity contribution < 1.29 is 0 Å². The molecule has 0 radical (unpaired) electrons. The van der Waals surface area contributed by atoms with Gasteiger partial charge >= 0.3 is 0 Å². The molecule has 2 bridgehead atoms. The van der Waals surface area contributed by atoms with Crippen LogP contribution in [0.25, 0.3) is 33.4 Å². The summed E-state index contributed by atoms with van der Waals surface area (Å²) < 4.78 is 0. The molecular weight excluding hydrogens is 639 g/mol. The lowest BCUT2D eigenvalue weighted by molar-refractivity contribution is 0.419. The van der Waals surface area contributed by atoms with Crippen LogP contribution in [-0.2, 0) is 10.8 Å². The van der Waals surface area contributed by atoms with Crippen molar-refractivity contribution in [1.29, 1.82) is 0 Å². The van der Waals surface area contributed by atoms with Gasteiger partial charge in [0.05, 0.1) is 5.69 Å². The maximum Gasteiger partial charge on any atom is 0.0543 e. The quantitative estimate of drug-likeness (QED) is 0.161. The Labute approximate surface area is 316 Å². The van der Waals surface area contributed by atoms with E-state index < -0.39 is 0 Å². The van der Waals surface area contributed by atoms with Crippen LogP contribution in [0.3, 0.4) is 0 Å². The van der Waals surface area contributed by atoms with Crippen LogP contribution in [0, 0.1) is 5.92 Å². The molecule has 0 saturated heterocycles. The number of fused-ring (bicyclic) bond motifs is 5. The van der Waals surface area contributed by atoms with E-state index >= 15 is 0 Å². The molecule has 6 aromatic rings. The van der Waals surface area contributed by atoms with Gasteiger partial charge in [0.1, 0.15) is 0 Å². The van der Waals surface area contributed by atoms with Gasteiger partial charge in [0.2, 0.25) is 0 Å². The summed E-state index contributed by atoms with van der Waals surface area (Å²) in [5.74, 6) is 1.62. The molecule has 3 saturated carbocycles. The van der Waals surface area contributed by atoms with Gasteiger partial charge in [-0.1, -0.05) is 136 Å². The molecule has 0 unspecified atom stereocenters. The first kappa shape index (κ1) is 32.7. The van der Waals surface area contributed by atoms with Crippen molar-refractivity contribution in [3.05, 3.63) is 162 Å².